The molecule has 0 saturated heterocycles. The maximum Gasteiger partial charge on any atom is 0.272 e. The molecule has 0 bridgehead atoms. The van der Waals surface area contributed by atoms with Crippen molar-refractivity contribution in [2.45, 2.75) is 13.8 Å². The molecular formula is C15H13FN4O2. The van der Waals surface area contributed by atoms with Gasteiger partial charge in [0.05, 0.1) is 0 Å². The van der Waals surface area contributed by atoms with E-state index in [0.717, 1.165) is 5.56 Å². The van der Waals surface area contributed by atoms with Crippen LogP contribution in [0.3, 0.4) is 0 Å². The number of rotatable bonds is 2. The average Bonchev–Trinajstić information content (AvgIpc) is 2.87. The summed E-state index contributed by atoms with van der Waals surface area (Å²) >= 11 is 0. The third-order valence-corrected chi connectivity index (χ3v) is 3.32. The first-order valence-corrected chi connectivity index (χ1v) is 6.61. The van der Waals surface area contributed by atoms with Crippen LogP contribution in [0.4, 0.5) is 10.1 Å². The summed E-state index contributed by atoms with van der Waals surface area (Å²) in [5.41, 5.74) is 1.76. The summed E-state index contributed by atoms with van der Waals surface area (Å²) in [5, 5.41) is 5.31. The predicted molar refractivity (Wildman–Crippen MR) is 79.6 cm³/mol. The average molecular weight is 300 g/mol. The van der Waals surface area contributed by atoms with Gasteiger partial charge in [0.15, 0.2) is 5.65 Å². The van der Waals surface area contributed by atoms with Crippen LogP contribution in [0.1, 0.15) is 21.6 Å². The summed E-state index contributed by atoms with van der Waals surface area (Å²) in [7, 11) is 0. The van der Waals surface area contributed by atoms with Crippen LogP contribution in [0.15, 0.2) is 35.3 Å². The summed E-state index contributed by atoms with van der Waals surface area (Å²) in [6.07, 6.45) is 1.40. The molecule has 0 spiro atoms. The number of nitrogens with zero attached hydrogens (tertiary/aromatic N) is 2. The Labute approximate surface area is 124 Å². The van der Waals surface area contributed by atoms with E-state index < -0.39 is 11.7 Å². The third-order valence-electron chi connectivity index (χ3n) is 3.32. The zero-order valence-electron chi connectivity index (χ0n) is 12.0. The lowest BCUT2D eigenvalue weighted by Crippen LogP contribution is -2.17. The summed E-state index contributed by atoms with van der Waals surface area (Å²) in [5.74, 6) is -0.907. The van der Waals surface area contributed by atoms with Gasteiger partial charge in [0.1, 0.15) is 11.4 Å². The number of carbonyl (C=O) groups is 1. The van der Waals surface area contributed by atoms with Gasteiger partial charge in [0.2, 0.25) is 0 Å². The van der Waals surface area contributed by atoms with Gasteiger partial charge in [-0.2, -0.15) is 0 Å². The molecule has 0 aliphatic carbocycles. The molecule has 0 aliphatic rings. The molecule has 0 unspecified atom stereocenters. The minimum atomic E-state index is -0.468. The third kappa shape index (κ3) is 2.37. The van der Waals surface area contributed by atoms with Crippen molar-refractivity contribution in [3.8, 4) is 0 Å². The van der Waals surface area contributed by atoms with E-state index >= 15 is 0 Å². The first kappa shape index (κ1) is 14.0. The Bertz CT molecular complexity index is 942. The summed E-state index contributed by atoms with van der Waals surface area (Å²) in [6.45, 7) is 3.43. The second kappa shape index (κ2) is 5.10. The topological polar surface area (TPSA) is 79.3 Å². The Balaban J connectivity index is 2.03. The fraction of sp³-hybridized carbons (Fsp3) is 0.133. The van der Waals surface area contributed by atoms with Gasteiger partial charge >= 0.3 is 0 Å². The number of halogens is 1. The van der Waals surface area contributed by atoms with Crippen molar-refractivity contribution >= 4 is 17.2 Å². The number of aromatic nitrogens is 3. The molecule has 0 radical (unpaired) electrons. The zero-order chi connectivity index (χ0) is 15.9. The molecule has 0 atom stereocenters. The monoisotopic (exact) mass is 300 g/mol. The van der Waals surface area contributed by atoms with E-state index in [4.69, 9.17) is 0 Å². The lowest BCUT2D eigenvalue weighted by molar-refractivity contribution is 0.102. The van der Waals surface area contributed by atoms with Crippen molar-refractivity contribution in [2.24, 2.45) is 0 Å². The van der Waals surface area contributed by atoms with Gasteiger partial charge in [-0.15, -0.1) is 0 Å². The van der Waals surface area contributed by atoms with Gasteiger partial charge in [-0.1, -0.05) is 6.07 Å². The molecule has 0 aliphatic heterocycles. The van der Waals surface area contributed by atoms with Crippen LogP contribution in [0.25, 0.3) is 5.65 Å². The van der Waals surface area contributed by atoms with Crippen molar-refractivity contribution in [3.63, 3.8) is 0 Å². The van der Waals surface area contributed by atoms with E-state index in [-0.39, 0.29) is 16.8 Å². The number of hydrogen-bond donors (Lipinski definition) is 2. The molecule has 2 aromatic heterocycles. The molecule has 1 amide bonds. The van der Waals surface area contributed by atoms with Gasteiger partial charge in [-0.25, -0.2) is 13.9 Å². The Morgan fingerprint density at radius 3 is 2.86 bits per heavy atom. The largest absolute Gasteiger partial charge is 0.321 e. The lowest BCUT2D eigenvalue weighted by atomic mass is 10.2. The Morgan fingerprint density at radius 1 is 1.32 bits per heavy atom. The molecule has 6 nitrogen and oxygen atoms in total. The van der Waals surface area contributed by atoms with Crippen molar-refractivity contribution < 1.29 is 9.18 Å². The highest BCUT2D eigenvalue weighted by atomic mass is 19.1. The van der Waals surface area contributed by atoms with E-state index in [0.29, 0.717) is 11.4 Å². The number of fused-ring (bicyclic) bond motifs is 1. The maximum absolute atomic E-state index is 13.3. The maximum atomic E-state index is 13.3. The molecule has 1 aromatic carbocycles. The molecule has 3 aromatic rings. The second-order valence-electron chi connectivity index (χ2n) is 5.00. The van der Waals surface area contributed by atoms with Crippen molar-refractivity contribution in [2.75, 3.05) is 5.32 Å². The van der Waals surface area contributed by atoms with E-state index in [9.17, 15) is 14.0 Å². The van der Waals surface area contributed by atoms with Crippen LogP contribution in [-0.4, -0.2) is 20.5 Å². The van der Waals surface area contributed by atoms with E-state index in [1.807, 2.05) is 0 Å². The lowest BCUT2D eigenvalue weighted by Gasteiger charge is -2.07. The number of amides is 1. The number of carbonyl (C=O) groups excluding carboxylic acids is 1. The first-order chi connectivity index (χ1) is 10.5. The molecule has 112 valence electrons. The quantitative estimate of drug-likeness (QED) is 0.760. The number of aryl methyl sites for hydroxylation is 2. The number of H-pyrrole nitrogens is 1. The van der Waals surface area contributed by atoms with Gasteiger partial charge in [-0.3, -0.25) is 14.7 Å². The van der Waals surface area contributed by atoms with Crippen molar-refractivity contribution in [1.29, 1.82) is 0 Å². The second-order valence-corrected chi connectivity index (χ2v) is 5.00. The Morgan fingerprint density at radius 2 is 2.09 bits per heavy atom. The molecule has 0 fully saturated rings. The van der Waals surface area contributed by atoms with Crippen LogP contribution in [0.2, 0.25) is 0 Å². The first-order valence-electron chi connectivity index (χ1n) is 6.61. The summed E-state index contributed by atoms with van der Waals surface area (Å²) in [4.78, 5) is 28.4. The number of nitrogens with one attached hydrogen (secondary N) is 2. The number of hydrogen-bond acceptors (Lipinski definition) is 3. The minimum absolute atomic E-state index is 0.212. The highest BCUT2D eigenvalue weighted by Crippen LogP contribution is 2.18. The SMILES string of the molecule is Cc1cc(=O)n2[nH]cc(C(=O)Nc3cc(F)ccc3C)c2n1. The van der Waals surface area contributed by atoms with Gasteiger partial charge in [0, 0.05) is 23.6 Å². The molecule has 2 N–H and O–H groups in total. The molecule has 0 saturated carbocycles. The number of anilines is 1. The smallest absolute Gasteiger partial charge is 0.272 e. The molecular weight excluding hydrogens is 287 g/mol. The normalized spacial score (nSPS) is 10.9. The molecule has 7 heteroatoms. The fourth-order valence-corrected chi connectivity index (χ4v) is 2.18. The highest BCUT2D eigenvalue weighted by Gasteiger charge is 2.16. The van der Waals surface area contributed by atoms with Crippen LogP contribution in [0.5, 0.6) is 0 Å². The molecule has 2 heterocycles. The van der Waals surface area contributed by atoms with Crippen LogP contribution in [0, 0.1) is 19.7 Å². The predicted octanol–water partition coefficient (Wildman–Crippen LogP) is 2.03. The van der Waals surface area contributed by atoms with Gasteiger partial charge in [0.25, 0.3) is 11.5 Å². The number of aromatic amines is 1. The minimum Gasteiger partial charge on any atom is -0.321 e. The van der Waals surface area contributed by atoms with Crippen molar-refractivity contribution in [3.05, 3.63) is 63.5 Å². The Kier molecular flexibility index (Phi) is 3.25. The van der Waals surface area contributed by atoms with Gasteiger partial charge < -0.3 is 5.32 Å². The number of benzene rings is 1. The van der Waals surface area contributed by atoms with E-state index in [2.05, 4.69) is 15.4 Å². The summed E-state index contributed by atoms with van der Waals surface area (Å²) < 4.78 is 14.5. The fourth-order valence-electron chi connectivity index (χ4n) is 2.18. The Hall–Kier alpha value is -2.96. The highest BCUT2D eigenvalue weighted by molar-refractivity contribution is 6.08. The molecule has 22 heavy (non-hydrogen) atoms. The zero-order valence-corrected chi connectivity index (χ0v) is 12.0. The standard InChI is InChI=1S/C15H13FN4O2/c1-8-3-4-10(16)6-12(8)19-15(22)11-7-17-20-13(21)5-9(2)18-14(11)20/h3-7,17H,1-2H3,(H,19,22). The molecule has 3 rings (SSSR count). The van der Waals surface area contributed by atoms with Gasteiger partial charge in [-0.05, 0) is 31.5 Å². The van der Waals surface area contributed by atoms with Crippen LogP contribution < -0.4 is 10.9 Å². The summed E-state index contributed by atoms with van der Waals surface area (Å²) in [6, 6.07) is 5.50. The van der Waals surface area contributed by atoms with Crippen LogP contribution in [-0.2, 0) is 0 Å². The van der Waals surface area contributed by atoms with Crippen molar-refractivity contribution in [1.82, 2.24) is 14.6 Å². The van der Waals surface area contributed by atoms with E-state index in [1.54, 1.807) is 19.9 Å². The van der Waals surface area contributed by atoms with Crippen LogP contribution >= 0.6 is 0 Å². The van der Waals surface area contributed by atoms with E-state index in [1.165, 1.54) is 28.9 Å².